The van der Waals surface area contributed by atoms with Crippen LogP contribution in [0.4, 0.5) is 0 Å². The lowest BCUT2D eigenvalue weighted by atomic mass is 10.1. The molecule has 0 aliphatic heterocycles. The Balaban J connectivity index is 1.99. The Kier molecular flexibility index (Phi) is 7.39. The topological polar surface area (TPSA) is 94.1 Å². The van der Waals surface area contributed by atoms with Gasteiger partial charge < -0.3 is 28.4 Å². The zero-order valence-corrected chi connectivity index (χ0v) is 21.0. The van der Waals surface area contributed by atoms with Crippen LogP contribution in [-0.4, -0.2) is 57.6 Å². The van der Waals surface area contributed by atoms with Gasteiger partial charge in [0, 0.05) is 18.2 Å². The highest BCUT2D eigenvalue weighted by molar-refractivity contribution is 5.75. The Bertz CT molecular complexity index is 1200. The molecule has 0 aliphatic rings. The first-order valence-electron chi connectivity index (χ1n) is 11.0. The molecule has 9 heteroatoms. The van der Waals surface area contributed by atoms with Gasteiger partial charge in [0.25, 0.3) is 0 Å². The molecule has 0 spiro atoms. The van der Waals surface area contributed by atoms with E-state index in [9.17, 15) is 0 Å². The summed E-state index contributed by atoms with van der Waals surface area (Å²) in [5.41, 5.74) is 2.01. The molecule has 36 heavy (non-hydrogen) atoms. The van der Waals surface area contributed by atoms with Crippen LogP contribution in [0, 0.1) is 0 Å². The minimum atomic E-state index is 0.408. The van der Waals surface area contributed by atoms with Crippen molar-refractivity contribution in [1.82, 2.24) is 15.0 Å². The molecule has 1 aromatic heterocycles. The molecule has 0 bridgehead atoms. The van der Waals surface area contributed by atoms with Crippen molar-refractivity contribution in [1.29, 1.82) is 0 Å². The summed E-state index contributed by atoms with van der Waals surface area (Å²) in [5.74, 6) is 4.85. The van der Waals surface area contributed by atoms with Crippen LogP contribution in [0.3, 0.4) is 0 Å². The first-order valence-corrected chi connectivity index (χ1v) is 11.0. The number of rotatable bonds is 9. The second-order valence-electron chi connectivity index (χ2n) is 7.50. The van der Waals surface area contributed by atoms with Crippen molar-refractivity contribution in [3.63, 3.8) is 0 Å². The van der Waals surface area contributed by atoms with Crippen LogP contribution in [0.5, 0.6) is 34.5 Å². The summed E-state index contributed by atoms with van der Waals surface area (Å²) in [7, 11) is 9.54. The van der Waals surface area contributed by atoms with E-state index in [4.69, 9.17) is 43.4 Å². The zero-order chi connectivity index (χ0) is 25.7. The molecule has 9 nitrogen and oxygen atoms in total. The predicted molar refractivity (Wildman–Crippen MR) is 135 cm³/mol. The van der Waals surface area contributed by atoms with E-state index in [1.54, 1.807) is 60.9 Å². The molecule has 0 saturated heterocycles. The molecule has 0 saturated carbocycles. The summed E-state index contributed by atoms with van der Waals surface area (Å²) in [5, 5.41) is 0. The van der Waals surface area contributed by atoms with Gasteiger partial charge in [-0.05, 0) is 36.4 Å². The van der Waals surface area contributed by atoms with Crippen LogP contribution < -0.4 is 28.4 Å². The van der Waals surface area contributed by atoms with Crippen molar-refractivity contribution in [3.8, 4) is 68.7 Å². The third-order valence-electron chi connectivity index (χ3n) is 5.58. The molecular weight excluding hydrogens is 462 g/mol. The van der Waals surface area contributed by atoms with Crippen LogP contribution in [0.1, 0.15) is 0 Å². The first-order chi connectivity index (χ1) is 17.5. The molecule has 4 rings (SSSR count). The van der Waals surface area contributed by atoms with E-state index in [0.29, 0.717) is 68.7 Å². The van der Waals surface area contributed by atoms with Crippen molar-refractivity contribution in [3.05, 3.63) is 54.6 Å². The normalized spacial score (nSPS) is 10.5. The monoisotopic (exact) mass is 489 g/mol. The van der Waals surface area contributed by atoms with E-state index in [1.165, 1.54) is 0 Å². The van der Waals surface area contributed by atoms with Gasteiger partial charge in [0.1, 0.15) is 34.5 Å². The average Bonchev–Trinajstić information content (AvgIpc) is 2.95. The SMILES string of the molecule is COc1ccc(-c2nc(-c3ccc(OC)cc3OC)nc(-c3ccc(OC)cc3OC)n2)c(OC)c1. The minimum Gasteiger partial charge on any atom is -0.497 e. The number of hydrogen-bond acceptors (Lipinski definition) is 9. The molecule has 0 radical (unpaired) electrons. The number of nitrogens with zero attached hydrogens (tertiary/aromatic N) is 3. The van der Waals surface area contributed by atoms with E-state index in [0.717, 1.165) is 0 Å². The molecule has 0 amide bonds. The third-order valence-corrected chi connectivity index (χ3v) is 5.58. The predicted octanol–water partition coefficient (Wildman–Crippen LogP) is 4.92. The lowest BCUT2D eigenvalue weighted by Crippen LogP contribution is -2.03. The molecule has 3 aromatic carbocycles. The standard InChI is InChI=1S/C27H27N3O6/c1-31-16-7-10-19(22(13-16)34-4)25-28-26(20-11-8-17(32-2)14-23(20)35-5)30-27(29-25)21-12-9-18(33-3)15-24(21)36-6/h7-15H,1-6H3. The van der Waals surface area contributed by atoms with Crippen molar-refractivity contribution in [2.75, 3.05) is 42.7 Å². The van der Waals surface area contributed by atoms with Gasteiger partial charge in [0.15, 0.2) is 17.5 Å². The Morgan fingerprint density at radius 3 is 0.889 bits per heavy atom. The smallest absolute Gasteiger partial charge is 0.167 e. The van der Waals surface area contributed by atoms with E-state index < -0.39 is 0 Å². The fraction of sp³-hybridized carbons (Fsp3) is 0.222. The number of hydrogen-bond donors (Lipinski definition) is 0. The highest BCUT2D eigenvalue weighted by Gasteiger charge is 2.20. The Hall–Kier alpha value is -4.53. The van der Waals surface area contributed by atoms with Crippen molar-refractivity contribution >= 4 is 0 Å². The maximum atomic E-state index is 5.62. The summed E-state index contributed by atoms with van der Waals surface area (Å²) in [6, 6.07) is 16.3. The van der Waals surface area contributed by atoms with E-state index in [2.05, 4.69) is 0 Å². The summed E-state index contributed by atoms with van der Waals surface area (Å²) in [6.07, 6.45) is 0. The van der Waals surface area contributed by atoms with Crippen LogP contribution in [0.2, 0.25) is 0 Å². The van der Waals surface area contributed by atoms with Gasteiger partial charge in [-0.25, -0.2) is 15.0 Å². The van der Waals surface area contributed by atoms with Crippen LogP contribution in [0.15, 0.2) is 54.6 Å². The molecule has 0 fully saturated rings. The largest absolute Gasteiger partial charge is 0.497 e. The zero-order valence-electron chi connectivity index (χ0n) is 21.0. The van der Waals surface area contributed by atoms with Gasteiger partial charge >= 0.3 is 0 Å². The molecule has 4 aromatic rings. The fourth-order valence-electron chi connectivity index (χ4n) is 3.69. The van der Waals surface area contributed by atoms with Crippen LogP contribution in [-0.2, 0) is 0 Å². The Labute approximate surface area is 209 Å². The number of methoxy groups -OCH3 is 6. The molecule has 0 aliphatic carbocycles. The summed E-state index contributed by atoms with van der Waals surface area (Å²) >= 11 is 0. The van der Waals surface area contributed by atoms with Crippen LogP contribution >= 0.6 is 0 Å². The number of aromatic nitrogens is 3. The summed E-state index contributed by atoms with van der Waals surface area (Å²) < 4.78 is 32.9. The number of ether oxygens (including phenoxy) is 6. The first kappa shape index (κ1) is 24.6. The Morgan fingerprint density at radius 1 is 0.389 bits per heavy atom. The second kappa shape index (κ2) is 10.8. The van der Waals surface area contributed by atoms with Crippen molar-refractivity contribution in [2.24, 2.45) is 0 Å². The second-order valence-corrected chi connectivity index (χ2v) is 7.50. The van der Waals surface area contributed by atoms with Gasteiger partial charge in [-0.15, -0.1) is 0 Å². The summed E-state index contributed by atoms with van der Waals surface area (Å²) in [4.78, 5) is 14.4. The highest BCUT2D eigenvalue weighted by Crippen LogP contribution is 2.38. The molecule has 0 N–H and O–H groups in total. The van der Waals surface area contributed by atoms with Gasteiger partial charge in [-0.3, -0.25) is 0 Å². The minimum absolute atomic E-state index is 0.408. The quantitative estimate of drug-likeness (QED) is 0.324. The average molecular weight is 490 g/mol. The third kappa shape index (κ3) is 4.81. The molecule has 1 heterocycles. The molecular formula is C27H27N3O6. The maximum Gasteiger partial charge on any atom is 0.167 e. The van der Waals surface area contributed by atoms with Gasteiger partial charge in [-0.1, -0.05) is 0 Å². The Morgan fingerprint density at radius 2 is 0.667 bits per heavy atom. The molecule has 0 atom stereocenters. The van der Waals surface area contributed by atoms with Gasteiger partial charge in [0.2, 0.25) is 0 Å². The molecule has 186 valence electrons. The van der Waals surface area contributed by atoms with Crippen molar-refractivity contribution in [2.45, 2.75) is 0 Å². The van der Waals surface area contributed by atoms with E-state index >= 15 is 0 Å². The lowest BCUT2D eigenvalue weighted by Gasteiger charge is -2.15. The maximum absolute atomic E-state index is 5.62. The van der Waals surface area contributed by atoms with E-state index in [-0.39, 0.29) is 0 Å². The van der Waals surface area contributed by atoms with E-state index in [1.807, 2.05) is 36.4 Å². The van der Waals surface area contributed by atoms with Gasteiger partial charge in [0.05, 0.1) is 59.3 Å². The highest BCUT2D eigenvalue weighted by atomic mass is 16.5. The van der Waals surface area contributed by atoms with Crippen LogP contribution in [0.25, 0.3) is 34.2 Å². The summed E-state index contributed by atoms with van der Waals surface area (Å²) in [6.45, 7) is 0. The van der Waals surface area contributed by atoms with Gasteiger partial charge in [-0.2, -0.15) is 0 Å². The molecule has 0 unspecified atom stereocenters. The van der Waals surface area contributed by atoms with Crippen molar-refractivity contribution < 1.29 is 28.4 Å². The lowest BCUT2D eigenvalue weighted by molar-refractivity contribution is 0.395. The fourth-order valence-corrected chi connectivity index (χ4v) is 3.69. The number of benzene rings is 3.